The Kier molecular flexibility index (Phi) is 4.78. The Bertz CT molecular complexity index is 373. The number of nitrogens with zero attached hydrogens (tertiary/aromatic N) is 1. The number of hydrogen-bond donors (Lipinski definition) is 0. The van der Waals surface area contributed by atoms with Crippen LogP contribution in [0.15, 0.2) is 35.2 Å². The van der Waals surface area contributed by atoms with Crippen molar-refractivity contribution in [3.8, 4) is 0 Å². The maximum absolute atomic E-state index is 11.7. The first-order valence-corrected chi connectivity index (χ1v) is 6.73. The van der Waals surface area contributed by atoms with E-state index >= 15 is 0 Å². The summed E-state index contributed by atoms with van der Waals surface area (Å²) in [5.41, 5.74) is 0. The molecule has 0 spiro atoms. The molecular formula is C11H16NO2S. The highest BCUT2D eigenvalue weighted by Crippen LogP contribution is 2.09. The van der Waals surface area contributed by atoms with Crippen molar-refractivity contribution in [3.63, 3.8) is 0 Å². The van der Waals surface area contributed by atoms with Gasteiger partial charge < -0.3 is 0 Å². The van der Waals surface area contributed by atoms with Gasteiger partial charge in [-0.2, -0.15) is 0 Å². The Labute approximate surface area is 91.4 Å². The van der Waals surface area contributed by atoms with E-state index in [0.29, 0.717) is 11.4 Å². The molecule has 1 rings (SSSR count). The van der Waals surface area contributed by atoms with Gasteiger partial charge in [-0.15, -0.1) is 0 Å². The minimum absolute atomic E-state index is 0.108. The fourth-order valence-electron chi connectivity index (χ4n) is 1.20. The van der Waals surface area contributed by atoms with Gasteiger partial charge in [0, 0.05) is 13.1 Å². The fraction of sp³-hybridized carbons (Fsp3) is 0.455. The highest BCUT2D eigenvalue weighted by Gasteiger charge is 2.12. The monoisotopic (exact) mass is 226 g/mol. The summed E-state index contributed by atoms with van der Waals surface area (Å²) in [6.07, 6.45) is 0.964. The van der Waals surface area contributed by atoms with Crippen LogP contribution in [-0.4, -0.2) is 27.3 Å². The van der Waals surface area contributed by atoms with Crippen molar-refractivity contribution in [1.82, 2.24) is 5.32 Å². The molecule has 0 unspecified atom stereocenters. The molecule has 0 N–H and O–H groups in total. The first-order chi connectivity index (χ1) is 7.17. The molecule has 1 aromatic carbocycles. The molecule has 0 saturated carbocycles. The zero-order valence-corrected chi connectivity index (χ0v) is 9.70. The van der Waals surface area contributed by atoms with Crippen LogP contribution in [0, 0.1) is 0 Å². The highest BCUT2D eigenvalue weighted by molar-refractivity contribution is 7.91. The maximum Gasteiger partial charge on any atom is 0.179 e. The number of hydrogen-bond acceptors (Lipinski definition) is 2. The number of sulfone groups is 1. The number of rotatable bonds is 6. The van der Waals surface area contributed by atoms with Gasteiger partial charge in [0.1, 0.15) is 0 Å². The van der Waals surface area contributed by atoms with Crippen LogP contribution in [0.2, 0.25) is 0 Å². The standard InChI is InChI=1S/C11H16NO2S/c1-2-8-12-9-10-15(13,14)11-6-4-3-5-7-11/h3-7H,2,8-10H2,1H3. The zero-order valence-electron chi connectivity index (χ0n) is 8.89. The van der Waals surface area contributed by atoms with E-state index in [1.807, 2.05) is 6.92 Å². The molecule has 1 aromatic rings. The second-order valence-electron chi connectivity index (χ2n) is 3.30. The van der Waals surface area contributed by atoms with Crippen LogP contribution in [0.4, 0.5) is 0 Å². The van der Waals surface area contributed by atoms with E-state index in [0.717, 1.165) is 13.0 Å². The number of benzene rings is 1. The zero-order chi connectivity index (χ0) is 11.1. The van der Waals surface area contributed by atoms with Gasteiger partial charge in [0.2, 0.25) is 0 Å². The Morgan fingerprint density at radius 1 is 1.13 bits per heavy atom. The molecule has 0 bridgehead atoms. The Morgan fingerprint density at radius 2 is 1.80 bits per heavy atom. The average Bonchev–Trinajstić information content (AvgIpc) is 2.26. The maximum atomic E-state index is 11.7. The van der Waals surface area contributed by atoms with Crippen molar-refractivity contribution >= 4 is 9.84 Å². The van der Waals surface area contributed by atoms with Crippen LogP contribution in [0.1, 0.15) is 13.3 Å². The first-order valence-electron chi connectivity index (χ1n) is 5.08. The van der Waals surface area contributed by atoms with Crippen molar-refractivity contribution in [3.05, 3.63) is 30.3 Å². The molecule has 0 aliphatic rings. The molecule has 0 aromatic heterocycles. The van der Waals surface area contributed by atoms with Crippen molar-refractivity contribution in [2.75, 3.05) is 18.8 Å². The molecule has 0 aliphatic heterocycles. The Morgan fingerprint density at radius 3 is 2.40 bits per heavy atom. The average molecular weight is 226 g/mol. The molecule has 83 valence electrons. The summed E-state index contributed by atoms with van der Waals surface area (Å²) < 4.78 is 23.5. The van der Waals surface area contributed by atoms with Gasteiger partial charge >= 0.3 is 0 Å². The Hall–Kier alpha value is -0.870. The predicted octanol–water partition coefficient (Wildman–Crippen LogP) is 1.47. The van der Waals surface area contributed by atoms with Crippen LogP contribution < -0.4 is 5.32 Å². The molecule has 0 saturated heterocycles. The van der Waals surface area contributed by atoms with Crippen LogP contribution in [-0.2, 0) is 9.84 Å². The van der Waals surface area contributed by atoms with Gasteiger partial charge in [-0.3, -0.25) is 0 Å². The van der Waals surface area contributed by atoms with Gasteiger partial charge in [0.25, 0.3) is 0 Å². The topological polar surface area (TPSA) is 48.2 Å². The minimum Gasteiger partial charge on any atom is -0.241 e. The van der Waals surface area contributed by atoms with E-state index in [9.17, 15) is 8.42 Å². The summed E-state index contributed by atoms with van der Waals surface area (Å²) in [6.45, 7) is 3.16. The third kappa shape index (κ3) is 4.01. The van der Waals surface area contributed by atoms with E-state index in [-0.39, 0.29) is 5.75 Å². The lowest BCUT2D eigenvalue weighted by Gasteiger charge is -2.03. The van der Waals surface area contributed by atoms with Gasteiger partial charge in [-0.05, 0) is 18.6 Å². The molecule has 0 heterocycles. The molecule has 0 atom stereocenters. The summed E-state index contributed by atoms with van der Waals surface area (Å²) >= 11 is 0. The molecule has 1 radical (unpaired) electrons. The van der Waals surface area contributed by atoms with Gasteiger partial charge in [-0.25, -0.2) is 13.7 Å². The van der Waals surface area contributed by atoms with Crippen molar-refractivity contribution in [2.45, 2.75) is 18.2 Å². The fourth-order valence-corrected chi connectivity index (χ4v) is 2.38. The van der Waals surface area contributed by atoms with Crippen molar-refractivity contribution in [1.29, 1.82) is 0 Å². The van der Waals surface area contributed by atoms with E-state index in [1.54, 1.807) is 30.3 Å². The summed E-state index contributed by atoms with van der Waals surface area (Å²) in [7, 11) is -3.13. The van der Waals surface area contributed by atoms with E-state index in [4.69, 9.17) is 0 Å². The van der Waals surface area contributed by atoms with Gasteiger partial charge in [0.15, 0.2) is 9.84 Å². The van der Waals surface area contributed by atoms with Crippen LogP contribution in [0.25, 0.3) is 0 Å². The molecular weight excluding hydrogens is 210 g/mol. The van der Waals surface area contributed by atoms with E-state index in [2.05, 4.69) is 5.32 Å². The molecule has 0 aliphatic carbocycles. The SMILES string of the molecule is CCC[N]CCS(=O)(=O)c1ccccc1. The van der Waals surface area contributed by atoms with Crippen molar-refractivity contribution in [2.24, 2.45) is 0 Å². The van der Waals surface area contributed by atoms with Crippen LogP contribution in [0.3, 0.4) is 0 Å². The molecule has 15 heavy (non-hydrogen) atoms. The van der Waals surface area contributed by atoms with Crippen molar-refractivity contribution < 1.29 is 8.42 Å². The summed E-state index contributed by atoms with van der Waals surface area (Å²) in [5, 5.41) is 4.12. The molecule has 0 fully saturated rings. The smallest absolute Gasteiger partial charge is 0.179 e. The summed E-state index contributed by atoms with van der Waals surface area (Å²) in [5.74, 6) is 0.108. The second kappa shape index (κ2) is 5.88. The lowest BCUT2D eigenvalue weighted by Crippen LogP contribution is -2.18. The largest absolute Gasteiger partial charge is 0.241 e. The van der Waals surface area contributed by atoms with E-state index < -0.39 is 9.84 Å². The third-order valence-electron chi connectivity index (χ3n) is 2.00. The first kappa shape index (κ1) is 12.2. The Balaban J connectivity index is 2.53. The summed E-state index contributed by atoms with van der Waals surface area (Å²) in [4.78, 5) is 0.386. The second-order valence-corrected chi connectivity index (χ2v) is 5.41. The van der Waals surface area contributed by atoms with Crippen LogP contribution >= 0.6 is 0 Å². The van der Waals surface area contributed by atoms with E-state index in [1.165, 1.54) is 0 Å². The van der Waals surface area contributed by atoms with Crippen LogP contribution in [0.5, 0.6) is 0 Å². The lowest BCUT2D eigenvalue weighted by molar-refractivity contribution is 0.589. The normalized spacial score (nSPS) is 11.5. The third-order valence-corrected chi connectivity index (χ3v) is 3.71. The lowest BCUT2D eigenvalue weighted by atomic mass is 10.4. The predicted molar refractivity (Wildman–Crippen MR) is 60.7 cm³/mol. The van der Waals surface area contributed by atoms with Gasteiger partial charge in [0.05, 0.1) is 10.6 Å². The quantitative estimate of drug-likeness (QED) is 0.690. The molecule has 0 amide bonds. The molecule has 4 heteroatoms. The summed E-state index contributed by atoms with van der Waals surface area (Å²) in [6, 6.07) is 8.51. The molecule has 3 nitrogen and oxygen atoms in total. The van der Waals surface area contributed by atoms with Gasteiger partial charge in [-0.1, -0.05) is 25.1 Å². The minimum atomic E-state index is -3.13. The highest BCUT2D eigenvalue weighted by atomic mass is 32.2.